The topological polar surface area (TPSA) is 0 Å². The van der Waals surface area contributed by atoms with Gasteiger partial charge in [0, 0.05) is 0 Å². The number of alkyl halides is 6. The quantitative estimate of drug-likeness (QED) is 0.111. The van der Waals surface area contributed by atoms with E-state index in [9.17, 15) is 26.3 Å². The smallest absolute Gasteiger partial charge is 0.166 e. The summed E-state index contributed by atoms with van der Waals surface area (Å²) in [7, 11) is 0. The summed E-state index contributed by atoms with van der Waals surface area (Å²) in [6.07, 6.45) is -8.92. The Labute approximate surface area is 237 Å². The minimum Gasteiger partial charge on any atom is -0.166 e. The normalized spacial score (nSPS) is 12.8. The Morgan fingerprint density at radius 2 is 0.762 bits per heavy atom. The SMILES string of the molecule is Cc1ccc(-c2ccc3c4ccc(-c5ccc(C)c(C(F)(F)F)c5)c5cccc(c6cccc2c63)c54)cc1C(F)(F)F. The maximum atomic E-state index is 13.7. The third kappa shape index (κ3) is 3.92. The van der Waals surface area contributed by atoms with Crippen LogP contribution in [0.25, 0.3) is 65.3 Å². The standard InChI is InChI=1S/C36H22F6/c1-19-9-11-21(17-31(19)35(37,38)39)23-13-15-29-30-16-14-24(22-12-10-20(2)32(18-22)36(40,41)42)26-6-4-8-28(34(26)30)27-7-3-5-25(23)33(27)29/h3-18H,1-2H3. The molecule has 0 fully saturated rings. The summed E-state index contributed by atoms with van der Waals surface area (Å²) in [5, 5.41) is 7.28. The van der Waals surface area contributed by atoms with Gasteiger partial charge in [0.05, 0.1) is 11.1 Å². The molecule has 208 valence electrons. The average Bonchev–Trinajstić information content (AvgIpc) is 2.95. The van der Waals surface area contributed by atoms with E-state index < -0.39 is 23.5 Å². The van der Waals surface area contributed by atoms with Crippen molar-refractivity contribution in [2.75, 3.05) is 0 Å². The number of aryl methyl sites for hydroxylation is 2. The van der Waals surface area contributed by atoms with Crippen molar-refractivity contribution >= 4 is 43.1 Å². The lowest BCUT2D eigenvalue weighted by molar-refractivity contribution is -0.138. The van der Waals surface area contributed by atoms with Crippen LogP contribution in [0, 0.1) is 13.8 Å². The molecule has 0 bridgehead atoms. The zero-order valence-electron chi connectivity index (χ0n) is 22.5. The van der Waals surface area contributed by atoms with Crippen LogP contribution in [0.2, 0.25) is 0 Å². The molecule has 0 heterocycles. The molecule has 0 aliphatic rings. The predicted octanol–water partition coefficient (Wildman–Crippen LogP) is 11.7. The van der Waals surface area contributed by atoms with Gasteiger partial charge in [-0.15, -0.1) is 0 Å². The van der Waals surface area contributed by atoms with Crippen molar-refractivity contribution in [1.82, 2.24) is 0 Å². The minimum atomic E-state index is -4.46. The summed E-state index contributed by atoms with van der Waals surface area (Å²) in [5.41, 5.74) is 1.38. The van der Waals surface area contributed by atoms with Gasteiger partial charge in [0.2, 0.25) is 0 Å². The van der Waals surface area contributed by atoms with Gasteiger partial charge in [-0.3, -0.25) is 0 Å². The maximum absolute atomic E-state index is 13.7. The number of rotatable bonds is 2. The van der Waals surface area contributed by atoms with Crippen LogP contribution in [0.15, 0.2) is 97.1 Å². The Morgan fingerprint density at radius 1 is 0.405 bits per heavy atom. The van der Waals surface area contributed by atoms with Crippen LogP contribution in [-0.2, 0) is 12.4 Å². The van der Waals surface area contributed by atoms with Crippen LogP contribution in [0.3, 0.4) is 0 Å². The Morgan fingerprint density at radius 3 is 1.14 bits per heavy atom. The predicted molar refractivity (Wildman–Crippen MR) is 158 cm³/mol. The highest BCUT2D eigenvalue weighted by Crippen LogP contribution is 2.46. The van der Waals surface area contributed by atoms with Crippen molar-refractivity contribution in [3.8, 4) is 22.3 Å². The molecule has 0 aliphatic carbocycles. The molecule has 0 radical (unpaired) electrons. The van der Waals surface area contributed by atoms with E-state index >= 15 is 0 Å². The molecule has 0 unspecified atom stereocenters. The highest BCUT2D eigenvalue weighted by Gasteiger charge is 2.33. The van der Waals surface area contributed by atoms with Gasteiger partial charge in [-0.2, -0.15) is 26.3 Å². The van der Waals surface area contributed by atoms with Crippen molar-refractivity contribution in [3.63, 3.8) is 0 Å². The Bertz CT molecular complexity index is 2010. The van der Waals surface area contributed by atoms with Gasteiger partial charge in [-0.25, -0.2) is 0 Å². The zero-order valence-corrected chi connectivity index (χ0v) is 22.5. The third-order valence-corrected chi connectivity index (χ3v) is 8.37. The highest BCUT2D eigenvalue weighted by molar-refractivity contribution is 6.35. The van der Waals surface area contributed by atoms with E-state index in [-0.39, 0.29) is 11.1 Å². The van der Waals surface area contributed by atoms with E-state index in [4.69, 9.17) is 0 Å². The fourth-order valence-corrected chi connectivity index (χ4v) is 6.40. The van der Waals surface area contributed by atoms with Gasteiger partial charge in [0.25, 0.3) is 0 Å². The number of benzene rings is 7. The monoisotopic (exact) mass is 568 g/mol. The van der Waals surface area contributed by atoms with Gasteiger partial charge < -0.3 is 0 Å². The number of halogens is 6. The summed E-state index contributed by atoms with van der Waals surface area (Å²) >= 11 is 0. The van der Waals surface area contributed by atoms with Crippen molar-refractivity contribution in [3.05, 3.63) is 119 Å². The van der Waals surface area contributed by atoms with Crippen molar-refractivity contribution in [2.45, 2.75) is 26.2 Å². The Hall–Kier alpha value is -4.58. The van der Waals surface area contributed by atoms with Crippen molar-refractivity contribution in [2.24, 2.45) is 0 Å². The molecule has 0 nitrogen and oxygen atoms in total. The number of hydrogen-bond donors (Lipinski definition) is 0. The molecule has 0 atom stereocenters. The molecule has 6 heteroatoms. The van der Waals surface area contributed by atoms with Crippen LogP contribution in [0.5, 0.6) is 0 Å². The second-order valence-electron chi connectivity index (χ2n) is 10.8. The van der Waals surface area contributed by atoms with E-state index in [0.717, 1.165) is 43.1 Å². The van der Waals surface area contributed by atoms with Crippen LogP contribution < -0.4 is 0 Å². The Balaban J connectivity index is 1.52. The van der Waals surface area contributed by atoms with Crippen LogP contribution in [-0.4, -0.2) is 0 Å². The molecule has 42 heavy (non-hydrogen) atoms. The number of fused-ring (bicyclic) bond motifs is 2. The fourth-order valence-electron chi connectivity index (χ4n) is 6.40. The summed E-state index contributed by atoms with van der Waals surface area (Å²) in [5.74, 6) is 0. The summed E-state index contributed by atoms with van der Waals surface area (Å²) in [6, 6.07) is 28.1. The van der Waals surface area contributed by atoms with E-state index in [1.165, 1.54) is 38.1 Å². The molecule has 0 spiro atoms. The molecule has 0 amide bonds. The molecular weight excluding hydrogens is 546 g/mol. The second kappa shape index (κ2) is 8.96. The fraction of sp³-hybridized carbons (Fsp3) is 0.111. The Kier molecular flexibility index (Phi) is 5.62. The lowest BCUT2D eigenvalue weighted by Crippen LogP contribution is -2.07. The van der Waals surface area contributed by atoms with Crippen LogP contribution >= 0.6 is 0 Å². The van der Waals surface area contributed by atoms with E-state index in [0.29, 0.717) is 22.3 Å². The minimum absolute atomic E-state index is 0.168. The summed E-state index contributed by atoms with van der Waals surface area (Å²) in [4.78, 5) is 0. The molecule has 7 aromatic carbocycles. The molecule has 0 aromatic heterocycles. The third-order valence-electron chi connectivity index (χ3n) is 8.37. The van der Waals surface area contributed by atoms with Crippen molar-refractivity contribution in [1.29, 1.82) is 0 Å². The highest BCUT2D eigenvalue weighted by atomic mass is 19.4. The first-order chi connectivity index (χ1) is 19.9. The van der Waals surface area contributed by atoms with E-state index in [1.54, 1.807) is 12.1 Å². The zero-order chi connectivity index (χ0) is 29.6. The van der Waals surface area contributed by atoms with Gasteiger partial charge in [0.1, 0.15) is 0 Å². The second-order valence-corrected chi connectivity index (χ2v) is 10.8. The first-order valence-electron chi connectivity index (χ1n) is 13.4. The molecule has 0 saturated carbocycles. The maximum Gasteiger partial charge on any atom is 0.416 e. The van der Waals surface area contributed by atoms with Crippen molar-refractivity contribution < 1.29 is 26.3 Å². The molecule has 7 rings (SSSR count). The van der Waals surface area contributed by atoms with E-state index in [1.807, 2.05) is 60.7 Å². The first-order valence-corrected chi connectivity index (χ1v) is 13.4. The molecule has 0 saturated heterocycles. The average molecular weight is 569 g/mol. The summed E-state index contributed by atoms with van der Waals surface area (Å²) < 4.78 is 82.5. The van der Waals surface area contributed by atoms with Gasteiger partial charge in [0.15, 0.2) is 0 Å². The molecule has 0 aliphatic heterocycles. The van der Waals surface area contributed by atoms with Gasteiger partial charge in [-0.05, 0) is 102 Å². The molecule has 7 aromatic rings. The van der Waals surface area contributed by atoms with Gasteiger partial charge >= 0.3 is 12.4 Å². The van der Waals surface area contributed by atoms with E-state index in [2.05, 4.69) is 0 Å². The van der Waals surface area contributed by atoms with Gasteiger partial charge in [-0.1, -0.05) is 84.9 Å². The van der Waals surface area contributed by atoms with Crippen LogP contribution in [0.4, 0.5) is 26.3 Å². The lowest BCUT2D eigenvalue weighted by Gasteiger charge is -2.19. The lowest BCUT2D eigenvalue weighted by atomic mass is 9.85. The largest absolute Gasteiger partial charge is 0.416 e. The first kappa shape index (κ1) is 26.3. The molecular formula is C36H22F6. The molecule has 0 N–H and O–H groups in total. The number of hydrogen-bond acceptors (Lipinski definition) is 0. The van der Waals surface area contributed by atoms with Crippen LogP contribution in [0.1, 0.15) is 22.3 Å². The summed E-state index contributed by atoms with van der Waals surface area (Å²) in [6.45, 7) is 2.91.